The van der Waals surface area contributed by atoms with Crippen molar-refractivity contribution in [3.63, 3.8) is 0 Å². The van der Waals surface area contributed by atoms with E-state index in [1.807, 2.05) is 25.1 Å². The van der Waals surface area contributed by atoms with Gasteiger partial charge in [-0.3, -0.25) is 5.10 Å². The molecule has 4 rings (SSSR count). The molecule has 3 aromatic heterocycles. The molecule has 0 saturated heterocycles. The molecule has 0 spiro atoms. The van der Waals surface area contributed by atoms with E-state index in [1.165, 1.54) is 6.33 Å². The second-order valence-electron chi connectivity index (χ2n) is 5.32. The highest BCUT2D eigenvalue weighted by Gasteiger charge is 2.08. The molecule has 0 unspecified atom stereocenters. The monoisotopic (exact) mass is 305 g/mol. The Morgan fingerprint density at radius 3 is 3.09 bits per heavy atom. The molecule has 0 aliphatic heterocycles. The molecular weight excluding hydrogens is 290 g/mol. The van der Waals surface area contributed by atoms with Crippen LogP contribution in [0, 0.1) is 6.92 Å². The Morgan fingerprint density at radius 1 is 1.26 bits per heavy atom. The lowest BCUT2D eigenvalue weighted by Crippen LogP contribution is -2.01. The number of fused-ring (bicyclic) bond motifs is 1. The van der Waals surface area contributed by atoms with Crippen LogP contribution in [0.25, 0.3) is 10.9 Å². The fourth-order valence-corrected chi connectivity index (χ4v) is 2.59. The minimum atomic E-state index is 0.678. The maximum atomic E-state index is 4.44. The van der Waals surface area contributed by atoms with Crippen LogP contribution in [0.5, 0.6) is 0 Å². The van der Waals surface area contributed by atoms with Gasteiger partial charge in [0.2, 0.25) is 0 Å². The first-order chi connectivity index (χ1) is 11.3. The zero-order valence-electron chi connectivity index (χ0n) is 12.6. The predicted molar refractivity (Wildman–Crippen MR) is 87.5 cm³/mol. The van der Waals surface area contributed by atoms with Crippen LogP contribution in [-0.2, 0) is 6.54 Å². The average Bonchev–Trinajstić information content (AvgIpc) is 3.19. The van der Waals surface area contributed by atoms with E-state index in [1.54, 1.807) is 17.2 Å². The van der Waals surface area contributed by atoms with Gasteiger partial charge in [0.25, 0.3) is 0 Å². The van der Waals surface area contributed by atoms with E-state index in [2.05, 4.69) is 42.7 Å². The number of hydrogen-bond acceptors (Lipinski definition) is 5. The van der Waals surface area contributed by atoms with Gasteiger partial charge in [0, 0.05) is 17.6 Å². The molecule has 0 radical (unpaired) electrons. The van der Waals surface area contributed by atoms with Gasteiger partial charge >= 0.3 is 0 Å². The number of nitrogens with zero attached hydrogens (tertiary/aromatic N) is 5. The number of anilines is 2. The molecule has 0 amide bonds. The number of aromatic nitrogens is 6. The Hall–Kier alpha value is -3.22. The highest BCUT2D eigenvalue weighted by atomic mass is 15.3. The average molecular weight is 305 g/mol. The van der Waals surface area contributed by atoms with Gasteiger partial charge in [-0.15, -0.1) is 0 Å². The van der Waals surface area contributed by atoms with Crippen molar-refractivity contribution in [2.24, 2.45) is 0 Å². The molecule has 2 N–H and O–H groups in total. The summed E-state index contributed by atoms with van der Waals surface area (Å²) < 4.78 is 1.79. The number of hydrogen-bond donors (Lipinski definition) is 2. The Labute approximate surface area is 132 Å². The van der Waals surface area contributed by atoms with E-state index in [0.29, 0.717) is 6.54 Å². The third-order valence-corrected chi connectivity index (χ3v) is 3.65. The molecule has 3 heterocycles. The van der Waals surface area contributed by atoms with Crippen molar-refractivity contribution in [2.75, 3.05) is 5.32 Å². The largest absolute Gasteiger partial charge is 0.340 e. The third kappa shape index (κ3) is 2.64. The van der Waals surface area contributed by atoms with E-state index in [-0.39, 0.29) is 0 Å². The second-order valence-corrected chi connectivity index (χ2v) is 5.32. The maximum absolute atomic E-state index is 4.44. The van der Waals surface area contributed by atoms with Crippen molar-refractivity contribution < 1.29 is 0 Å². The highest BCUT2D eigenvalue weighted by Crippen LogP contribution is 2.25. The Balaban J connectivity index is 1.64. The standard InChI is InChI=1S/C16H15N7/c1-11-15-14(22-21-11)5-6-18-16(15)20-13-4-2-3-12(7-13)8-23-10-17-9-19-23/h2-7,9-10H,8H2,1H3,(H,18,20)(H,21,22). The second kappa shape index (κ2) is 5.53. The van der Waals surface area contributed by atoms with E-state index >= 15 is 0 Å². The first kappa shape index (κ1) is 13.4. The van der Waals surface area contributed by atoms with Crippen LogP contribution in [0.2, 0.25) is 0 Å². The molecule has 23 heavy (non-hydrogen) atoms. The molecule has 4 aromatic rings. The van der Waals surface area contributed by atoms with Gasteiger partial charge < -0.3 is 5.32 Å². The van der Waals surface area contributed by atoms with E-state index < -0.39 is 0 Å². The minimum Gasteiger partial charge on any atom is -0.340 e. The molecule has 0 atom stereocenters. The van der Waals surface area contributed by atoms with Crippen molar-refractivity contribution in [1.29, 1.82) is 0 Å². The molecular formula is C16H15N7. The summed E-state index contributed by atoms with van der Waals surface area (Å²) in [6, 6.07) is 10.1. The molecule has 0 bridgehead atoms. The summed E-state index contributed by atoms with van der Waals surface area (Å²) in [6.45, 7) is 2.67. The number of rotatable bonds is 4. The van der Waals surface area contributed by atoms with E-state index in [9.17, 15) is 0 Å². The molecule has 0 saturated carbocycles. The Kier molecular flexibility index (Phi) is 3.23. The summed E-state index contributed by atoms with van der Waals surface area (Å²) >= 11 is 0. The third-order valence-electron chi connectivity index (χ3n) is 3.65. The zero-order valence-corrected chi connectivity index (χ0v) is 12.6. The molecule has 114 valence electrons. The van der Waals surface area contributed by atoms with Crippen LogP contribution in [0.3, 0.4) is 0 Å². The van der Waals surface area contributed by atoms with Crippen LogP contribution >= 0.6 is 0 Å². The molecule has 0 fully saturated rings. The van der Waals surface area contributed by atoms with Crippen LogP contribution < -0.4 is 5.32 Å². The number of benzene rings is 1. The topological polar surface area (TPSA) is 84.3 Å². The van der Waals surface area contributed by atoms with Crippen molar-refractivity contribution in [2.45, 2.75) is 13.5 Å². The molecule has 0 aliphatic carbocycles. The number of aromatic amines is 1. The van der Waals surface area contributed by atoms with Gasteiger partial charge in [0.1, 0.15) is 18.5 Å². The van der Waals surface area contributed by atoms with Gasteiger partial charge in [0.05, 0.1) is 17.4 Å². The molecule has 7 nitrogen and oxygen atoms in total. The first-order valence-corrected chi connectivity index (χ1v) is 7.27. The molecule has 1 aromatic carbocycles. The fraction of sp³-hybridized carbons (Fsp3) is 0.125. The van der Waals surface area contributed by atoms with E-state index in [0.717, 1.165) is 33.7 Å². The van der Waals surface area contributed by atoms with Crippen molar-refractivity contribution in [3.8, 4) is 0 Å². The molecule has 7 heteroatoms. The maximum Gasteiger partial charge on any atom is 0.141 e. The number of H-pyrrole nitrogens is 1. The van der Waals surface area contributed by atoms with Crippen LogP contribution in [0.1, 0.15) is 11.3 Å². The van der Waals surface area contributed by atoms with Crippen LogP contribution in [0.4, 0.5) is 11.5 Å². The van der Waals surface area contributed by atoms with Crippen molar-refractivity contribution >= 4 is 22.4 Å². The number of aryl methyl sites for hydroxylation is 1. The SMILES string of the molecule is Cc1[nH]nc2ccnc(Nc3cccc(Cn4cncn4)c3)c12. The van der Waals surface area contributed by atoms with Gasteiger partial charge in [0.15, 0.2) is 0 Å². The fourth-order valence-electron chi connectivity index (χ4n) is 2.59. The summed E-state index contributed by atoms with van der Waals surface area (Å²) in [6.07, 6.45) is 5.00. The van der Waals surface area contributed by atoms with Crippen LogP contribution in [0.15, 0.2) is 49.2 Å². The summed E-state index contributed by atoms with van der Waals surface area (Å²) in [5, 5.41) is 15.8. The van der Waals surface area contributed by atoms with Gasteiger partial charge in [-0.25, -0.2) is 14.6 Å². The van der Waals surface area contributed by atoms with Crippen molar-refractivity contribution in [1.82, 2.24) is 29.9 Å². The number of pyridine rings is 1. The lowest BCUT2D eigenvalue weighted by molar-refractivity contribution is 0.685. The minimum absolute atomic E-state index is 0.678. The van der Waals surface area contributed by atoms with Crippen molar-refractivity contribution in [3.05, 3.63) is 60.4 Å². The van der Waals surface area contributed by atoms with E-state index in [4.69, 9.17) is 0 Å². The van der Waals surface area contributed by atoms with Gasteiger partial charge in [-0.2, -0.15) is 10.2 Å². The summed E-state index contributed by atoms with van der Waals surface area (Å²) in [4.78, 5) is 8.40. The smallest absolute Gasteiger partial charge is 0.141 e. The van der Waals surface area contributed by atoms with Gasteiger partial charge in [-0.1, -0.05) is 12.1 Å². The Morgan fingerprint density at radius 2 is 2.22 bits per heavy atom. The molecule has 0 aliphatic rings. The lowest BCUT2D eigenvalue weighted by Gasteiger charge is -2.09. The predicted octanol–water partition coefficient (Wildman–Crippen LogP) is 2.65. The zero-order chi connectivity index (χ0) is 15.6. The quantitative estimate of drug-likeness (QED) is 0.605. The number of nitrogens with one attached hydrogen (secondary N) is 2. The summed E-state index contributed by atoms with van der Waals surface area (Å²) in [7, 11) is 0. The first-order valence-electron chi connectivity index (χ1n) is 7.27. The summed E-state index contributed by atoms with van der Waals surface area (Å²) in [5.74, 6) is 0.798. The highest BCUT2D eigenvalue weighted by molar-refractivity contribution is 5.92. The summed E-state index contributed by atoms with van der Waals surface area (Å²) in [5.41, 5.74) is 4.01. The normalized spacial score (nSPS) is 11.0. The van der Waals surface area contributed by atoms with Gasteiger partial charge in [-0.05, 0) is 30.7 Å². The Bertz CT molecular complexity index is 940. The lowest BCUT2D eigenvalue weighted by atomic mass is 10.2. The van der Waals surface area contributed by atoms with Crippen LogP contribution in [-0.4, -0.2) is 29.9 Å².